The smallest absolute Gasteiger partial charge is 0.156 e. The Morgan fingerprint density at radius 2 is 1.68 bits per heavy atom. The molecule has 4 rings (SSSR count). The minimum absolute atomic E-state index is 0.529. The number of halogens is 2. The zero-order valence-corrected chi connectivity index (χ0v) is 14.7. The van der Waals surface area contributed by atoms with E-state index in [9.17, 15) is 0 Å². The zero-order chi connectivity index (χ0) is 17.2. The summed E-state index contributed by atoms with van der Waals surface area (Å²) in [7, 11) is 0. The Bertz CT molecular complexity index is 1010. The van der Waals surface area contributed by atoms with E-state index in [1.54, 1.807) is 12.3 Å². The fraction of sp³-hybridized carbons (Fsp3) is 0.0500. The average Bonchev–Trinajstić information content (AvgIpc) is 3.06. The minimum Gasteiger partial charge on any atom is -0.489 e. The van der Waals surface area contributed by atoms with Crippen molar-refractivity contribution in [2.24, 2.45) is 0 Å². The van der Waals surface area contributed by atoms with Crippen LogP contribution in [0, 0.1) is 0 Å². The molecule has 2 aromatic carbocycles. The molecule has 2 aromatic heterocycles. The number of fused-ring (bicyclic) bond motifs is 1. The molecule has 124 valence electrons. The summed E-state index contributed by atoms with van der Waals surface area (Å²) in [6.07, 6.45) is 3.70. The standard InChI is InChI=1S/C20H14Cl2N2O/c21-16-10-18(22)20-23-19(12-24(20)11-16)15-6-8-17(9-7-15)25-13-14-4-2-1-3-5-14/h1-12H,13H2. The minimum atomic E-state index is 0.529. The highest BCUT2D eigenvalue weighted by molar-refractivity contribution is 6.36. The van der Waals surface area contributed by atoms with Crippen LogP contribution in [-0.4, -0.2) is 9.38 Å². The number of benzene rings is 2. The van der Waals surface area contributed by atoms with E-state index < -0.39 is 0 Å². The summed E-state index contributed by atoms with van der Waals surface area (Å²) < 4.78 is 7.65. The Morgan fingerprint density at radius 1 is 0.920 bits per heavy atom. The molecule has 0 N–H and O–H groups in total. The average molecular weight is 369 g/mol. The van der Waals surface area contributed by atoms with Crippen LogP contribution >= 0.6 is 23.2 Å². The first-order valence-corrected chi connectivity index (χ1v) is 8.55. The van der Waals surface area contributed by atoms with Gasteiger partial charge in [0.15, 0.2) is 5.65 Å². The highest BCUT2D eigenvalue weighted by Gasteiger charge is 2.08. The van der Waals surface area contributed by atoms with Gasteiger partial charge in [-0.3, -0.25) is 0 Å². The third-order valence-electron chi connectivity index (χ3n) is 3.87. The van der Waals surface area contributed by atoms with Gasteiger partial charge in [0.05, 0.1) is 15.7 Å². The van der Waals surface area contributed by atoms with E-state index in [0.29, 0.717) is 22.3 Å². The van der Waals surface area contributed by atoms with Crippen LogP contribution in [-0.2, 0) is 6.61 Å². The van der Waals surface area contributed by atoms with Gasteiger partial charge in [0.2, 0.25) is 0 Å². The third kappa shape index (κ3) is 3.48. The number of aromatic nitrogens is 2. The summed E-state index contributed by atoms with van der Waals surface area (Å²) in [5.41, 5.74) is 3.64. The van der Waals surface area contributed by atoms with E-state index in [0.717, 1.165) is 22.6 Å². The summed E-state index contributed by atoms with van der Waals surface area (Å²) in [4.78, 5) is 4.58. The van der Waals surface area contributed by atoms with Gasteiger partial charge in [-0.1, -0.05) is 53.5 Å². The van der Waals surface area contributed by atoms with Gasteiger partial charge < -0.3 is 9.14 Å². The van der Waals surface area contributed by atoms with Gasteiger partial charge in [0.25, 0.3) is 0 Å². The molecule has 2 heterocycles. The predicted molar refractivity (Wildman–Crippen MR) is 101 cm³/mol. The maximum Gasteiger partial charge on any atom is 0.156 e. The molecular weight excluding hydrogens is 355 g/mol. The molecule has 25 heavy (non-hydrogen) atoms. The number of imidazole rings is 1. The summed E-state index contributed by atoms with van der Waals surface area (Å²) >= 11 is 12.2. The molecule has 5 heteroatoms. The monoisotopic (exact) mass is 368 g/mol. The van der Waals surface area contributed by atoms with Crippen LogP contribution in [0.4, 0.5) is 0 Å². The van der Waals surface area contributed by atoms with Crippen molar-refractivity contribution in [3.63, 3.8) is 0 Å². The quantitative estimate of drug-likeness (QED) is 0.449. The molecule has 0 saturated carbocycles. The van der Waals surface area contributed by atoms with Crippen LogP contribution in [0.1, 0.15) is 5.56 Å². The summed E-state index contributed by atoms with van der Waals surface area (Å²) in [6.45, 7) is 0.544. The summed E-state index contributed by atoms with van der Waals surface area (Å²) in [6, 6.07) is 19.6. The number of hydrogen-bond acceptors (Lipinski definition) is 2. The van der Waals surface area contributed by atoms with Gasteiger partial charge in [-0.2, -0.15) is 0 Å². The molecule has 0 atom stereocenters. The molecule has 0 spiro atoms. The van der Waals surface area contributed by atoms with Crippen LogP contribution in [0.2, 0.25) is 10.0 Å². The molecule has 4 aromatic rings. The molecule has 0 amide bonds. The van der Waals surface area contributed by atoms with Crippen LogP contribution in [0.15, 0.2) is 73.1 Å². The van der Waals surface area contributed by atoms with E-state index in [-0.39, 0.29) is 0 Å². The van der Waals surface area contributed by atoms with Crippen molar-refractivity contribution in [1.82, 2.24) is 9.38 Å². The SMILES string of the molecule is Clc1cc(Cl)c2nc(-c3ccc(OCc4ccccc4)cc3)cn2c1. The zero-order valence-electron chi connectivity index (χ0n) is 13.2. The normalized spacial score (nSPS) is 11.0. The lowest BCUT2D eigenvalue weighted by molar-refractivity contribution is 0.306. The van der Waals surface area contributed by atoms with E-state index >= 15 is 0 Å². The van der Waals surface area contributed by atoms with Crippen molar-refractivity contribution in [3.05, 3.63) is 88.7 Å². The molecule has 0 aliphatic heterocycles. The van der Waals surface area contributed by atoms with Crippen LogP contribution in [0.25, 0.3) is 16.9 Å². The van der Waals surface area contributed by atoms with Crippen LogP contribution in [0.3, 0.4) is 0 Å². The molecular formula is C20H14Cl2N2O. The second kappa shape index (κ2) is 6.79. The first-order chi connectivity index (χ1) is 12.2. The van der Waals surface area contributed by atoms with E-state index in [1.807, 2.05) is 65.2 Å². The number of rotatable bonds is 4. The Hall–Kier alpha value is -2.49. The number of hydrogen-bond donors (Lipinski definition) is 0. The Balaban J connectivity index is 1.55. The van der Waals surface area contributed by atoms with E-state index in [2.05, 4.69) is 4.98 Å². The number of nitrogens with zero attached hydrogens (tertiary/aromatic N) is 2. The van der Waals surface area contributed by atoms with Crippen LogP contribution in [0.5, 0.6) is 5.75 Å². The number of ether oxygens (including phenoxy) is 1. The molecule has 0 saturated heterocycles. The van der Waals surface area contributed by atoms with Crippen molar-refractivity contribution in [2.75, 3.05) is 0 Å². The van der Waals surface area contributed by atoms with E-state index in [4.69, 9.17) is 27.9 Å². The fourth-order valence-electron chi connectivity index (χ4n) is 2.63. The van der Waals surface area contributed by atoms with E-state index in [1.165, 1.54) is 0 Å². The van der Waals surface area contributed by atoms with Gasteiger partial charge in [-0.05, 0) is 35.9 Å². The first-order valence-electron chi connectivity index (χ1n) is 7.80. The first kappa shape index (κ1) is 16.0. The highest BCUT2D eigenvalue weighted by Crippen LogP contribution is 2.27. The Morgan fingerprint density at radius 3 is 2.44 bits per heavy atom. The van der Waals surface area contributed by atoms with Gasteiger partial charge in [-0.15, -0.1) is 0 Å². The largest absolute Gasteiger partial charge is 0.489 e. The second-order valence-electron chi connectivity index (χ2n) is 5.66. The Kier molecular flexibility index (Phi) is 4.35. The lowest BCUT2D eigenvalue weighted by atomic mass is 10.1. The second-order valence-corrected chi connectivity index (χ2v) is 6.51. The van der Waals surface area contributed by atoms with Gasteiger partial charge in [0.1, 0.15) is 12.4 Å². The number of pyridine rings is 1. The highest BCUT2D eigenvalue weighted by atomic mass is 35.5. The fourth-order valence-corrected chi connectivity index (χ4v) is 3.15. The summed E-state index contributed by atoms with van der Waals surface area (Å²) in [5.74, 6) is 0.817. The molecule has 0 aliphatic carbocycles. The van der Waals surface area contributed by atoms with Crippen molar-refractivity contribution >= 4 is 28.8 Å². The van der Waals surface area contributed by atoms with Crippen molar-refractivity contribution in [3.8, 4) is 17.0 Å². The lowest BCUT2D eigenvalue weighted by Gasteiger charge is -2.06. The molecule has 3 nitrogen and oxygen atoms in total. The Labute approximate surface area is 155 Å². The molecule has 0 radical (unpaired) electrons. The maximum atomic E-state index is 6.20. The topological polar surface area (TPSA) is 26.5 Å². The van der Waals surface area contributed by atoms with Gasteiger partial charge >= 0.3 is 0 Å². The molecule has 0 bridgehead atoms. The predicted octanol–water partition coefficient (Wildman–Crippen LogP) is 5.89. The maximum absolute atomic E-state index is 6.20. The van der Waals surface area contributed by atoms with Crippen LogP contribution < -0.4 is 4.74 Å². The van der Waals surface area contributed by atoms with Crippen molar-refractivity contribution in [2.45, 2.75) is 6.61 Å². The van der Waals surface area contributed by atoms with Crippen molar-refractivity contribution in [1.29, 1.82) is 0 Å². The lowest BCUT2D eigenvalue weighted by Crippen LogP contribution is -1.94. The molecule has 0 unspecified atom stereocenters. The third-order valence-corrected chi connectivity index (χ3v) is 4.36. The molecule has 0 fully saturated rings. The van der Waals surface area contributed by atoms with Gasteiger partial charge in [-0.25, -0.2) is 4.98 Å². The molecule has 0 aliphatic rings. The summed E-state index contributed by atoms with van der Waals surface area (Å²) in [5, 5.41) is 1.10. The van der Waals surface area contributed by atoms with Crippen molar-refractivity contribution < 1.29 is 4.74 Å². The van der Waals surface area contributed by atoms with Gasteiger partial charge in [0, 0.05) is 18.0 Å².